The lowest BCUT2D eigenvalue weighted by atomic mass is 9.97. The highest BCUT2D eigenvalue weighted by molar-refractivity contribution is 5.59. The van der Waals surface area contributed by atoms with Gasteiger partial charge in [-0.05, 0) is 20.8 Å². The smallest absolute Gasteiger partial charge is 0.141 e. The van der Waals surface area contributed by atoms with Gasteiger partial charge in [-0.2, -0.15) is 0 Å². The van der Waals surface area contributed by atoms with Gasteiger partial charge in [0, 0.05) is 17.5 Å². The minimum atomic E-state index is -0.0735. The summed E-state index contributed by atoms with van der Waals surface area (Å²) in [4.78, 5) is 0. The second kappa shape index (κ2) is 5.68. The average molecular weight is 248 g/mol. The highest BCUT2D eigenvalue weighted by Gasteiger charge is 2.12. The van der Waals surface area contributed by atoms with Crippen LogP contribution < -0.4 is 14.2 Å². The van der Waals surface area contributed by atoms with E-state index in [9.17, 15) is 0 Å². The molecule has 18 heavy (non-hydrogen) atoms. The van der Waals surface area contributed by atoms with Crippen molar-refractivity contribution in [2.45, 2.75) is 20.8 Å². The van der Waals surface area contributed by atoms with E-state index >= 15 is 0 Å². The van der Waals surface area contributed by atoms with E-state index in [1.807, 2.05) is 0 Å². The van der Waals surface area contributed by atoms with Crippen LogP contribution in [-0.2, 0) is 0 Å². The second-order valence-corrected chi connectivity index (χ2v) is 4.91. The Balaban J connectivity index is 3.35. The largest absolute Gasteiger partial charge is 0.496 e. The number of hydrogen-bond donors (Lipinski definition) is 0. The number of rotatable bonds is 3. The van der Waals surface area contributed by atoms with Gasteiger partial charge in [0.05, 0.1) is 21.3 Å². The summed E-state index contributed by atoms with van der Waals surface area (Å²) >= 11 is 0. The van der Waals surface area contributed by atoms with E-state index in [1.165, 1.54) is 0 Å². The Hall–Kier alpha value is -1.82. The lowest BCUT2D eigenvalue weighted by Crippen LogP contribution is -2.00. The normalized spacial score (nSPS) is 10.3. The van der Waals surface area contributed by atoms with Crippen LogP contribution in [0.5, 0.6) is 17.2 Å². The van der Waals surface area contributed by atoms with E-state index in [4.69, 9.17) is 14.2 Å². The van der Waals surface area contributed by atoms with Crippen LogP contribution in [0, 0.1) is 17.3 Å². The van der Waals surface area contributed by atoms with Gasteiger partial charge >= 0.3 is 0 Å². The Morgan fingerprint density at radius 3 is 1.72 bits per heavy atom. The lowest BCUT2D eigenvalue weighted by Gasteiger charge is -2.12. The SMILES string of the molecule is COc1cc(OC)c(C#CC(C)(C)C)c(OC)c1. The van der Waals surface area contributed by atoms with Crippen molar-refractivity contribution in [3.63, 3.8) is 0 Å². The van der Waals surface area contributed by atoms with Gasteiger partial charge in [0.15, 0.2) is 0 Å². The standard InChI is InChI=1S/C15H20O3/c1-15(2,3)8-7-12-13(17-5)9-11(16-4)10-14(12)18-6/h9-10H,1-6H3. The maximum atomic E-state index is 5.33. The van der Waals surface area contributed by atoms with Gasteiger partial charge in [-0.3, -0.25) is 0 Å². The topological polar surface area (TPSA) is 27.7 Å². The van der Waals surface area contributed by atoms with Gasteiger partial charge in [-0.1, -0.05) is 11.8 Å². The van der Waals surface area contributed by atoms with Crippen molar-refractivity contribution >= 4 is 0 Å². The van der Waals surface area contributed by atoms with Gasteiger partial charge in [0.2, 0.25) is 0 Å². The van der Waals surface area contributed by atoms with Crippen molar-refractivity contribution in [1.82, 2.24) is 0 Å². The molecule has 3 heteroatoms. The highest BCUT2D eigenvalue weighted by atomic mass is 16.5. The minimum Gasteiger partial charge on any atom is -0.496 e. The molecule has 0 radical (unpaired) electrons. The summed E-state index contributed by atoms with van der Waals surface area (Å²) in [6.45, 7) is 6.17. The predicted octanol–water partition coefficient (Wildman–Crippen LogP) is 3.11. The Bertz CT molecular complexity index is 448. The van der Waals surface area contributed by atoms with Crippen LogP contribution in [0.2, 0.25) is 0 Å². The molecule has 1 aromatic carbocycles. The van der Waals surface area contributed by atoms with E-state index in [2.05, 4.69) is 32.6 Å². The molecule has 0 unspecified atom stereocenters. The van der Waals surface area contributed by atoms with Gasteiger partial charge in [0.1, 0.15) is 22.8 Å². The number of methoxy groups -OCH3 is 3. The molecule has 0 aliphatic rings. The molecule has 0 heterocycles. The maximum absolute atomic E-state index is 5.33. The minimum absolute atomic E-state index is 0.0735. The molecular formula is C15H20O3. The summed E-state index contributed by atoms with van der Waals surface area (Å²) in [5, 5.41) is 0. The summed E-state index contributed by atoms with van der Waals surface area (Å²) in [5.41, 5.74) is 0.673. The first-order chi connectivity index (χ1) is 8.41. The van der Waals surface area contributed by atoms with Crippen LogP contribution in [0.3, 0.4) is 0 Å². The van der Waals surface area contributed by atoms with Crippen molar-refractivity contribution in [2.24, 2.45) is 5.41 Å². The average Bonchev–Trinajstić information content (AvgIpc) is 2.34. The van der Waals surface area contributed by atoms with E-state index in [1.54, 1.807) is 33.5 Å². The number of benzene rings is 1. The van der Waals surface area contributed by atoms with Gasteiger partial charge in [0.25, 0.3) is 0 Å². The summed E-state index contributed by atoms with van der Waals surface area (Å²) in [6, 6.07) is 3.60. The fraction of sp³-hybridized carbons (Fsp3) is 0.467. The molecule has 1 aromatic rings. The van der Waals surface area contributed by atoms with Crippen LogP contribution in [-0.4, -0.2) is 21.3 Å². The predicted molar refractivity (Wildman–Crippen MR) is 72.4 cm³/mol. The van der Waals surface area contributed by atoms with Gasteiger partial charge in [-0.15, -0.1) is 0 Å². The first kappa shape index (κ1) is 14.2. The van der Waals surface area contributed by atoms with E-state index < -0.39 is 0 Å². The van der Waals surface area contributed by atoms with E-state index in [0.29, 0.717) is 17.2 Å². The zero-order chi connectivity index (χ0) is 13.8. The molecule has 0 saturated carbocycles. The molecule has 0 aliphatic carbocycles. The molecule has 0 amide bonds. The third-order valence-electron chi connectivity index (χ3n) is 2.28. The Kier molecular flexibility index (Phi) is 4.49. The zero-order valence-electron chi connectivity index (χ0n) is 11.9. The molecule has 0 saturated heterocycles. The fourth-order valence-corrected chi connectivity index (χ4v) is 1.38. The Morgan fingerprint density at radius 1 is 0.889 bits per heavy atom. The van der Waals surface area contributed by atoms with Crippen molar-refractivity contribution in [2.75, 3.05) is 21.3 Å². The molecule has 0 N–H and O–H groups in total. The van der Waals surface area contributed by atoms with E-state index in [-0.39, 0.29) is 5.41 Å². The molecule has 0 spiro atoms. The third-order valence-corrected chi connectivity index (χ3v) is 2.28. The number of hydrogen-bond acceptors (Lipinski definition) is 3. The molecule has 0 aromatic heterocycles. The summed E-state index contributed by atoms with van der Waals surface area (Å²) in [5.74, 6) is 8.29. The maximum Gasteiger partial charge on any atom is 0.141 e. The van der Waals surface area contributed by atoms with Crippen LogP contribution in [0.4, 0.5) is 0 Å². The van der Waals surface area contributed by atoms with Gasteiger partial charge in [-0.25, -0.2) is 0 Å². The van der Waals surface area contributed by atoms with Gasteiger partial charge < -0.3 is 14.2 Å². The Morgan fingerprint density at radius 2 is 1.39 bits per heavy atom. The molecule has 0 bridgehead atoms. The first-order valence-electron chi connectivity index (χ1n) is 5.74. The quantitative estimate of drug-likeness (QED) is 0.769. The van der Waals surface area contributed by atoms with Crippen molar-refractivity contribution in [3.8, 4) is 29.1 Å². The monoisotopic (exact) mass is 248 g/mol. The Labute approximate surface area is 109 Å². The molecule has 3 nitrogen and oxygen atoms in total. The first-order valence-corrected chi connectivity index (χ1v) is 5.74. The summed E-state index contributed by atoms with van der Waals surface area (Å²) in [7, 11) is 4.82. The van der Waals surface area contributed by atoms with Crippen LogP contribution >= 0.6 is 0 Å². The number of ether oxygens (including phenoxy) is 3. The molecule has 0 aliphatic heterocycles. The zero-order valence-corrected chi connectivity index (χ0v) is 11.9. The molecule has 98 valence electrons. The van der Waals surface area contributed by atoms with Crippen molar-refractivity contribution in [3.05, 3.63) is 17.7 Å². The molecule has 0 fully saturated rings. The molecular weight excluding hydrogens is 228 g/mol. The van der Waals surface area contributed by atoms with E-state index in [0.717, 1.165) is 5.56 Å². The van der Waals surface area contributed by atoms with Crippen molar-refractivity contribution < 1.29 is 14.2 Å². The third kappa shape index (κ3) is 3.59. The van der Waals surface area contributed by atoms with Crippen LogP contribution in [0.15, 0.2) is 12.1 Å². The molecule has 0 atom stereocenters. The summed E-state index contributed by atoms with van der Waals surface area (Å²) in [6.07, 6.45) is 0. The fourth-order valence-electron chi connectivity index (χ4n) is 1.38. The lowest BCUT2D eigenvalue weighted by molar-refractivity contribution is 0.374. The van der Waals surface area contributed by atoms with Crippen molar-refractivity contribution in [1.29, 1.82) is 0 Å². The molecule has 1 rings (SSSR count). The summed E-state index contributed by atoms with van der Waals surface area (Å²) < 4.78 is 15.9. The second-order valence-electron chi connectivity index (χ2n) is 4.91. The van der Waals surface area contributed by atoms with Crippen LogP contribution in [0.25, 0.3) is 0 Å². The highest BCUT2D eigenvalue weighted by Crippen LogP contribution is 2.33. The van der Waals surface area contributed by atoms with Crippen LogP contribution in [0.1, 0.15) is 26.3 Å².